The quantitative estimate of drug-likeness (QED) is 0.818. The molecule has 9 heteroatoms. The summed E-state index contributed by atoms with van der Waals surface area (Å²) in [6, 6.07) is 0.846. The average Bonchev–Trinajstić information content (AvgIpc) is 3.24. The number of sulfonamides is 1. The number of carboxylic acid groups (broad SMARTS) is 1. The summed E-state index contributed by atoms with van der Waals surface area (Å²) in [5, 5.41) is 8.70. The monoisotopic (exact) mass is 335 g/mol. The van der Waals surface area contributed by atoms with Crippen LogP contribution in [0, 0.1) is 11.6 Å². The summed E-state index contributed by atoms with van der Waals surface area (Å²) in [4.78, 5) is 9.83. The number of aliphatic carboxylic acids is 1. The fourth-order valence-corrected chi connectivity index (χ4v) is 3.80. The number of carbonyl (C=O) groups is 1. The van der Waals surface area contributed by atoms with E-state index >= 15 is 0 Å². The van der Waals surface area contributed by atoms with E-state index < -0.39 is 44.7 Å². The van der Waals surface area contributed by atoms with Crippen molar-refractivity contribution >= 4 is 16.0 Å². The minimum atomic E-state index is -4.31. The van der Waals surface area contributed by atoms with Gasteiger partial charge in [0, 0.05) is 24.7 Å². The lowest BCUT2D eigenvalue weighted by Crippen LogP contribution is -2.35. The van der Waals surface area contributed by atoms with Crippen LogP contribution in [0.5, 0.6) is 5.75 Å². The van der Waals surface area contributed by atoms with Gasteiger partial charge in [0.15, 0.2) is 11.6 Å². The fraction of sp³-hybridized carbons (Fsp3) is 0.462. The van der Waals surface area contributed by atoms with Gasteiger partial charge >= 0.3 is 5.97 Å². The number of rotatable bonds is 7. The standard InChI is InChI=1S/C13H15F2NO5S/c1-21-11-6-10(15)12(7-9(11)14)22(19,20)16(8-2-3-8)5-4-13(17)18/h6-8H,2-5H2,1H3,(H,17,18). The van der Waals surface area contributed by atoms with Crippen molar-refractivity contribution in [1.82, 2.24) is 4.31 Å². The molecule has 0 heterocycles. The average molecular weight is 335 g/mol. The van der Waals surface area contributed by atoms with Gasteiger partial charge in [0.25, 0.3) is 0 Å². The van der Waals surface area contributed by atoms with E-state index in [-0.39, 0.29) is 12.6 Å². The van der Waals surface area contributed by atoms with Crippen molar-refractivity contribution in [3.05, 3.63) is 23.8 Å². The number of ether oxygens (including phenoxy) is 1. The Kier molecular flexibility index (Phi) is 4.66. The molecule has 1 aromatic rings. The molecule has 0 atom stereocenters. The van der Waals surface area contributed by atoms with Crippen LogP contribution >= 0.6 is 0 Å². The Morgan fingerprint density at radius 2 is 2.00 bits per heavy atom. The fourth-order valence-electron chi connectivity index (χ4n) is 2.06. The van der Waals surface area contributed by atoms with E-state index in [9.17, 15) is 22.0 Å². The van der Waals surface area contributed by atoms with Crippen LogP contribution in [-0.2, 0) is 14.8 Å². The molecule has 6 nitrogen and oxygen atoms in total. The van der Waals surface area contributed by atoms with E-state index in [1.807, 2.05) is 0 Å². The van der Waals surface area contributed by atoms with Gasteiger partial charge in [0.1, 0.15) is 10.7 Å². The van der Waals surface area contributed by atoms with Gasteiger partial charge in [-0.1, -0.05) is 0 Å². The Balaban J connectivity index is 2.39. The Bertz CT molecular complexity index is 688. The van der Waals surface area contributed by atoms with E-state index in [0.29, 0.717) is 25.0 Å². The highest BCUT2D eigenvalue weighted by Crippen LogP contribution is 2.34. The van der Waals surface area contributed by atoms with Gasteiger partial charge in [-0.25, -0.2) is 17.2 Å². The lowest BCUT2D eigenvalue weighted by atomic mass is 10.3. The predicted octanol–water partition coefficient (Wildman–Crippen LogP) is 1.60. The number of hydrogen-bond donors (Lipinski definition) is 1. The molecule has 0 unspecified atom stereocenters. The summed E-state index contributed by atoms with van der Waals surface area (Å²) < 4.78 is 58.2. The van der Waals surface area contributed by atoms with Gasteiger partial charge in [-0.2, -0.15) is 4.31 Å². The molecule has 1 N–H and O–H groups in total. The summed E-state index contributed by atoms with van der Waals surface area (Å²) in [5.74, 6) is -3.71. The summed E-state index contributed by atoms with van der Waals surface area (Å²) in [7, 11) is -3.18. The van der Waals surface area contributed by atoms with E-state index in [1.54, 1.807) is 0 Å². The number of hydrogen-bond acceptors (Lipinski definition) is 4. The molecule has 0 bridgehead atoms. The molecule has 1 aromatic carbocycles. The van der Waals surface area contributed by atoms with Gasteiger partial charge in [-0.15, -0.1) is 0 Å². The van der Waals surface area contributed by atoms with Crippen LogP contribution in [0.4, 0.5) is 8.78 Å². The molecule has 0 amide bonds. The molecule has 0 aromatic heterocycles. The zero-order valence-corrected chi connectivity index (χ0v) is 12.6. The third-order valence-corrected chi connectivity index (χ3v) is 5.26. The Hall–Kier alpha value is -1.74. The van der Waals surface area contributed by atoms with Crippen LogP contribution in [-0.4, -0.2) is 43.5 Å². The van der Waals surface area contributed by atoms with Crippen molar-refractivity contribution in [2.75, 3.05) is 13.7 Å². The second-order valence-electron chi connectivity index (χ2n) is 4.91. The maximum absolute atomic E-state index is 14.0. The Morgan fingerprint density at radius 1 is 1.36 bits per heavy atom. The number of methoxy groups -OCH3 is 1. The van der Waals surface area contributed by atoms with E-state index in [0.717, 1.165) is 11.4 Å². The van der Waals surface area contributed by atoms with Crippen molar-refractivity contribution in [3.8, 4) is 5.75 Å². The molecule has 122 valence electrons. The zero-order chi connectivity index (χ0) is 16.5. The first-order chi connectivity index (χ1) is 10.3. The summed E-state index contributed by atoms with van der Waals surface area (Å²) in [6.45, 7) is -0.282. The smallest absolute Gasteiger partial charge is 0.304 e. The lowest BCUT2D eigenvalue weighted by molar-refractivity contribution is -0.137. The maximum Gasteiger partial charge on any atom is 0.304 e. The molecule has 22 heavy (non-hydrogen) atoms. The molecular formula is C13H15F2NO5S. The minimum Gasteiger partial charge on any atom is -0.494 e. The topological polar surface area (TPSA) is 83.9 Å². The van der Waals surface area contributed by atoms with Crippen molar-refractivity contribution in [1.29, 1.82) is 0 Å². The van der Waals surface area contributed by atoms with Crippen molar-refractivity contribution in [3.63, 3.8) is 0 Å². The van der Waals surface area contributed by atoms with Gasteiger partial charge < -0.3 is 9.84 Å². The molecule has 0 aliphatic heterocycles. The highest BCUT2D eigenvalue weighted by Gasteiger charge is 2.39. The third-order valence-electron chi connectivity index (χ3n) is 3.29. The molecular weight excluding hydrogens is 320 g/mol. The van der Waals surface area contributed by atoms with Crippen LogP contribution in [0.2, 0.25) is 0 Å². The number of halogens is 2. The zero-order valence-electron chi connectivity index (χ0n) is 11.8. The second-order valence-corrected chi connectivity index (χ2v) is 6.77. The molecule has 1 aliphatic rings. The number of carboxylic acids is 1. The molecule has 0 spiro atoms. The van der Waals surface area contributed by atoms with Gasteiger partial charge in [-0.3, -0.25) is 4.79 Å². The molecule has 2 rings (SSSR count). The largest absolute Gasteiger partial charge is 0.494 e. The van der Waals surface area contributed by atoms with Crippen molar-refractivity contribution in [2.45, 2.75) is 30.2 Å². The van der Waals surface area contributed by atoms with E-state index in [1.165, 1.54) is 0 Å². The van der Waals surface area contributed by atoms with Gasteiger partial charge in [0.2, 0.25) is 10.0 Å². The first kappa shape index (κ1) is 16.6. The number of benzene rings is 1. The molecule has 0 radical (unpaired) electrons. The first-order valence-corrected chi connectivity index (χ1v) is 7.98. The second kappa shape index (κ2) is 6.17. The summed E-state index contributed by atoms with van der Waals surface area (Å²) in [6.07, 6.45) is 0.730. The molecule has 0 saturated heterocycles. The number of nitrogens with zero attached hydrogens (tertiary/aromatic N) is 1. The van der Waals surface area contributed by atoms with Crippen molar-refractivity contribution < 1.29 is 31.8 Å². The van der Waals surface area contributed by atoms with Crippen LogP contribution in [0.25, 0.3) is 0 Å². The van der Waals surface area contributed by atoms with Crippen LogP contribution in [0.15, 0.2) is 17.0 Å². The van der Waals surface area contributed by atoms with E-state index in [2.05, 4.69) is 4.74 Å². The SMILES string of the molecule is COc1cc(F)c(S(=O)(=O)N(CCC(=O)O)C2CC2)cc1F. The summed E-state index contributed by atoms with van der Waals surface area (Å²) >= 11 is 0. The normalized spacial score (nSPS) is 15.1. The molecule has 1 saturated carbocycles. The highest BCUT2D eigenvalue weighted by atomic mass is 32.2. The van der Waals surface area contributed by atoms with Crippen LogP contribution < -0.4 is 4.74 Å². The predicted molar refractivity (Wildman–Crippen MR) is 72.1 cm³/mol. The van der Waals surface area contributed by atoms with Crippen LogP contribution in [0.1, 0.15) is 19.3 Å². The van der Waals surface area contributed by atoms with Crippen LogP contribution in [0.3, 0.4) is 0 Å². The first-order valence-electron chi connectivity index (χ1n) is 6.54. The third kappa shape index (κ3) is 3.36. The van der Waals surface area contributed by atoms with E-state index in [4.69, 9.17) is 5.11 Å². The Labute approximate surface area is 126 Å². The Morgan fingerprint density at radius 3 is 2.50 bits per heavy atom. The molecule has 1 fully saturated rings. The van der Waals surface area contributed by atoms with Gasteiger partial charge in [-0.05, 0) is 12.8 Å². The lowest BCUT2D eigenvalue weighted by Gasteiger charge is -2.21. The molecule has 1 aliphatic carbocycles. The maximum atomic E-state index is 14.0. The van der Waals surface area contributed by atoms with Gasteiger partial charge in [0.05, 0.1) is 13.5 Å². The highest BCUT2D eigenvalue weighted by molar-refractivity contribution is 7.89. The minimum absolute atomic E-state index is 0.282. The summed E-state index contributed by atoms with van der Waals surface area (Å²) in [5.41, 5.74) is 0. The van der Waals surface area contributed by atoms with Crippen molar-refractivity contribution in [2.24, 2.45) is 0 Å².